The van der Waals surface area contributed by atoms with Gasteiger partial charge in [0.25, 0.3) is 0 Å². The fraction of sp³-hybridized carbons (Fsp3) is 0.524. The summed E-state index contributed by atoms with van der Waals surface area (Å²) in [6.45, 7) is 5.91. The minimum absolute atomic E-state index is 0.0981. The molecule has 1 fully saturated rings. The zero-order chi connectivity index (χ0) is 21.1. The number of β-amino-alcohol motifs (C(OH)–C–C–N with tert-alkyl or cyclic N) is 1. The van der Waals surface area contributed by atoms with Gasteiger partial charge >= 0.3 is 0 Å². The van der Waals surface area contributed by atoms with Crippen molar-refractivity contribution in [2.24, 2.45) is 11.1 Å². The Kier molecular flexibility index (Phi) is 6.70. The van der Waals surface area contributed by atoms with Crippen LogP contribution >= 0.6 is 0 Å². The van der Waals surface area contributed by atoms with Crippen molar-refractivity contribution in [3.05, 3.63) is 29.3 Å². The van der Waals surface area contributed by atoms with Gasteiger partial charge in [0.1, 0.15) is 11.8 Å². The molecule has 0 aliphatic carbocycles. The molecular weight excluding hydrogens is 358 g/mol. The predicted octanol–water partition coefficient (Wildman–Crippen LogP) is 0.628. The zero-order valence-electron chi connectivity index (χ0n) is 16.9. The maximum atomic E-state index is 12.8. The lowest BCUT2D eigenvalue weighted by atomic mass is 9.86. The summed E-state index contributed by atoms with van der Waals surface area (Å²) in [4.78, 5) is 26.9. The molecule has 7 nitrogen and oxygen atoms in total. The Bertz CT molecular complexity index is 779. The molecule has 1 aromatic carbocycles. The molecule has 0 radical (unpaired) electrons. The number of nitrogens with two attached hydrogens (primary N) is 1. The van der Waals surface area contributed by atoms with Gasteiger partial charge in [-0.3, -0.25) is 9.59 Å². The normalized spacial score (nSPS) is 20.4. The van der Waals surface area contributed by atoms with E-state index in [9.17, 15) is 14.7 Å². The SMILES string of the molecule is C#Cc1ccc(CNC(=O)C2CC(O)CN2C(=O)[C@@H](N)C(C)(C)C)c(OC)c1. The number of carbonyl (C=O) groups is 2. The van der Waals surface area contributed by atoms with E-state index in [-0.39, 0.29) is 31.3 Å². The van der Waals surface area contributed by atoms with Crippen molar-refractivity contribution in [1.29, 1.82) is 0 Å². The molecule has 0 spiro atoms. The molecule has 7 heteroatoms. The number of rotatable bonds is 5. The number of terminal acetylenes is 1. The topological polar surface area (TPSA) is 105 Å². The average molecular weight is 387 g/mol. The van der Waals surface area contributed by atoms with E-state index in [4.69, 9.17) is 16.9 Å². The van der Waals surface area contributed by atoms with Crippen molar-refractivity contribution in [1.82, 2.24) is 10.2 Å². The van der Waals surface area contributed by atoms with Gasteiger partial charge < -0.3 is 25.8 Å². The molecular formula is C21H29N3O4. The van der Waals surface area contributed by atoms with Gasteiger partial charge in [-0.05, 0) is 17.5 Å². The summed E-state index contributed by atoms with van der Waals surface area (Å²) in [5.41, 5.74) is 7.07. The van der Waals surface area contributed by atoms with Gasteiger partial charge in [-0.15, -0.1) is 6.42 Å². The lowest BCUT2D eigenvalue weighted by molar-refractivity contribution is -0.141. The van der Waals surface area contributed by atoms with Crippen molar-refractivity contribution in [2.45, 2.75) is 51.9 Å². The van der Waals surface area contributed by atoms with Crippen molar-refractivity contribution < 1.29 is 19.4 Å². The summed E-state index contributed by atoms with van der Waals surface area (Å²) in [6.07, 6.45) is 4.82. The number of nitrogens with one attached hydrogen (secondary N) is 1. The monoisotopic (exact) mass is 387 g/mol. The number of methoxy groups -OCH3 is 1. The van der Waals surface area contributed by atoms with Crippen molar-refractivity contribution in [3.63, 3.8) is 0 Å². The van der Waals surface area contributed by atoms with Gasteiger partial charge in [-0.1, -0.05) is 32.8 Å². The average Bonchev–Trinajstić information content (AvgIpc) is 3.05. The molecule has 0 bridgehead atoms. The number of amides is 2. The number of nitrogens with zero attached hydrogens (tertiary/aromatic N) is 1. The number of carbonyl (C=O) groups excluding carboxylic acids is 2. The molecule has 1 aliphatic heterocycles. The van der Waals surface area contributed by atoms with Gasteiger partial charge in [0.2, 0.25) is 11.8 Å². The highest BCUT2D eigenvalue weighted by Crippen LogP contribution is 2.25. The van der Waals surface area contributed by atoms with Gasteiger partial charge in [0, 0.05) is 30.6 Å². The summed E-state index contributed by atoms with van der Waals surface area (Å²) >= 11 is 0. The van der Waals surface area contributed by atoms with Crippen molar-refractivity contribution in [3.8, 4) is 18.1 Å². The minimum Gasteiger partial charge on any atom is -0.496 e. The third-order valence-corrected chi connectivity index (χ3v) is 4.97. The fourth-order valence-corrected chi connectivity index (χ4v) is 3.14. The Morgan fingerprint density at radius 3 is 2.71 bits per heavy atom. The molecule has 28 heavy (non-hydrogen) atoms. The molecule has 4 N–H and O–H groups in total. The number of hydrogen-bond acceptors (Lipinski definition) is 5. The van der Waals surface area contributed by atoms with E-state index < -0.39 is 23.6 Å². The molecule has 3 atom stereocenters. The van der Waals surface area contributed by atoms with Crippen LogP contribution in [0, 0.1) is 17.8 Å². The van der Waals surface area contributed by atoms with Crippen LogP contribution in [0.5, 0.6) is 5.75 Å². The molecule has 1 saturated heterocycles. The van der Waals surface area contributed by atoms with E-state index in [0.29, 0.717) is 11.3 Å². The Balaban J connectivity index is 2.10. The van der Waals surface area contributed by atoms with Crippen molar-refractivity contribution >= 4 is 11.8 Å². The number of ether oxygens (including phenoxy) is 1. The smallest absolute Gasteiger partial charge is 0.243 e. The first-order chi connectivity index (χ1) is 13.1. The van der Waals surface area contributed by atoms with Crippen LogP contribution in [0.4, 0.5) is 0 Å². The molecule has 1 aromatic rings. The third kappa shape index (κ3) is 4.83. The number of aliphatic hydroxyl groups excluding tert-OH is 1. The fourth-order valence-electron chi connectivity index (χ4n) is 3.14. The number of benzene rings is 1. The number of likely N-dealkylation sites (tertiary alicyclic amines) is 1. The summed E-state index contributed by atoms with van der Waals surface area (Å²) in [5, 5.41) is 12.8. The van der Waals surface area contributed by atoms with Crippen LogP contribution in [0.1, 0.15) is 38.3 Å². The zero-order valence-corrected chi connectivity index (χ0v) is 16.9. The number of aliphatic hydroxyl groups is 1. The van der Waals surface area contributed by atoms with Crippen LogP contribution in [-0.4, -0.2) is 53.7 Å². The van der Waals surface area contributed by atoms with E-state index in [1.807, 2.05) is 20.8 Å². The molecule has 152 valence electrons. The summed E-state index contributed by atoms with van der Waals surface area (Å²) in [5.74, 6) is 2.44. The third-order valence-electron chi connectivity index (χ3n) is 4.97. The quantitative estimate of drug-likeness (QED) is 0.643. The largest absolute Gasteiger partial charge is 0.496 e. The highest BCUT2D eigenvalue weighted by atomic mass is 16.5. The first-order valence-electron chi connectivity index (χ1n) is 9.23. The van der Waals surface area contributed by atoms with Crippen LogP contribution in [0.3, 0.4) is 0 Å². The van der Waals surface area contributed by atoms with E-state index in [0.717, 1.165) is 5.56 Å². The summed E-state index contributed by atoms with van der Waals surface area (Å²) < 4.78 is 5.32. The second kappa shape index (κ2) is 8.63. The summed E-state index contributed by atoms with van der Waals surface area (Å²) in [6, 6.07) is 3.76. The lowest BCUT2D eigenvalue weighted by Crippen LogP contribution is -2.54. The molecule has 2 unspecified atom stereocenters. The Labute approximate surface area is 166 Å². The molecule has 1 heterocycles. The molecule has 2 rings (SSSR count). The summed E-state index contributed by atoms with van der Waals surface area (Å²) in [7, 11) is 1.53. The van der Waals surface area contributed by atoms with Crippen LogP contribution < -0.4 is 15.8 Å². The second-order valence-corrected chi connectivity index (χ2v) is 8.13. The predicted molar refractivity (Wildman–Crippen MR) is 106 cm³/mol. The molecule has 0 saturated carbocycles. The minimum atomic E-state index is -0.760. The van der Waals surface area contributed by atoms with Gasteiger partial charge in [-0.25, -0.2) is 0 Å². The van der Waals surface area contributed by atoms with E-state index in [2.05, 4.69) is 11.2 Å². The highest BCUT2D eigenvalue weighted by Gasteiger charge is 2.42. The lowest BCUT2D eigenvalue weighted by Gasteiger charge is -2.32. The van der Waals surface area contributed by atoms with Crippen LogP contribution in [-0.2, 0) is 16.1 Å². The highest BCUT2D eigenvalue weighted by molar-refractivity contribution is 5.90. The van der Waals surface area contributed by atoms with Crippen LogP contribution in [0.15, 0.2) is 18.2 Å². The first kappa shape index (κ1) is 21.7. The van der Waals surface area contributed by atoms with E-state index in [1.165, 1.54) is 12.0 Å². The number of hydrogen-bond donors (Lipinski definition) is 3. The first-order valence-corrected chi connectivity index (χ1v) is 9.23. The van der Waals surface area contributed by atoms with E-state index in [1.54, 1.807) is 18.2 Å². The second-order valence-electron chi connectivity index (χ2n) is 8.13. The van der Waals surface area contributed by atoms with E-state index >= 15 is 0 Å². The maximum absolute atomic E-state index is 12.8. The van der Waals surface area contributed by atoms with Gasteiger partial charge in [0.05, 0.1) is 19.3 Å². The maximum Gasteiger partial charge on any atom is 0.243 e. The van der Waals surface area contributed by atoms with Gasteiger partial charge in [0.15, 0.2) is 0 Å². The molecule has 2 amide bonds. The Hall–Kier alpha value is -2.56. The van der Waals surface area contributed by atoms with Gasteiger partial charge in [-0.2, -0.15) is 0 Å². The Morgan fingerprint density at radius 2 is 2.14 bits per heavy atom. The molecule has 1 aliphatic rings. The van der Waals surface area contributed by atoms with Crippen LogP contribution in [0.2, 0.25) is 0 Å². The Morgan fingerprint density at radius 1 is 1.46 bits per heavy atom. The standard InChI is InChI=1S/C21H29N3O4/c1-6-13-7-8-14(17(9-13)28-5)11-23-19(26)16-10-15(25)12-24(16)20(27)18(22)21(2,3)4/h1,7-9,15-16,18,25H,10-12,22H2,2-5H3,(H,23,26)/t15?,16?,18-/m1/s1. The van der Waals surface area contributed by atoms with Crippen molar-refractivity contribution in [2.75, 3.05) is 13.7 Å². The van der Waals surface area contributed by atoms with Crippen LogP contribution in [0.25, 0.3) is 0 Å². The molecule has 0 aromatic heterocycles.